The van der Waals surface area contributed by atoms with Crippen molar-refractivity contribution in [2.24, 2.45) is 0 Å². The lowest BCUT2D eigenvalue weighted by molar-refractivity contribution is -0.122. The molecule has 0 aliphatic heterocycles. The number of hydrogen-bond acceptors (Lipinski definition) is 5. The standard InChI is InChI=1S/C19H29N3O4/c1-6-22(13-17(24)21-18(25)26-7-2)12-16(23)20-15-10-8-14(9-11-15)19(3,4)5/h8-11H,6-7,12-13H2,1-5H3,(H,20,23)(H,21,24,25). The molecule has 0 aliphatic carbocycles. The first-order valence-electron chi connectivity index (χ1n) is 8.75. The molecular formula is C19H29N3O4. The summed E-state index contributed by atoms with van der Waals surface area (Å²) in [5.41, 5.74) is 1.93. The van der Waals surface area contributed by atoms with Gasteiger partial charge in [-0.05, 0) is 36.6 Å². The molecule has 0 heterocycles. The number of benzene rings is 1. The summed E-state index contributed by atoms with van der Waals surface area (Å²) < 4.78 is 4.65. The molecule has 1 aromatic rings. The van der Waals surface area contributed by atoms with E-state index in [0.717, 1.165) is 0 Å². The third kappa shape index (κ3) is 7.65. The minimum absolute atomic E-state index is 0.0494. The number of likely N-dealkylation sites (N-methyl/N-ethyl adjacent to an activating group) is 1. The lowest BCUT2D eigenvalue weighted by Crippen LogP contribution is -2.43. The number of amides is 3. The predicted molar refractivity (Wildman–Crippen MR) is 101 cm³/mol. The molecular weight excluding hydrogens is 334 g/mol. The van der Waals surface area contributed by atoms with Crippen LogP contribution in [-0.2, 0) is 19.7 Å². The summed E-state index contributed by atoms with van der Waals surface area (Å²) in [5, 5.41) is 4.93. The topological polar surface area (TPSA) is 87.7 Å². The number of carbonyl (C=O) groups excluding carboxylic acids is 3. The number of anilines is 1. The van der Waals surface area contributed by atoms with Gasteiger partial charge >= 0.3 is 6.09 Å². The van der Waals surface area contributed by atoms with E-state index in [1.165, 1.54) is 5.56 Å². The minimum Gasteiger partial charge on any atom is -0.450 e. The van der Waals surface area contributed by atoms with Crippen molar-refractivity contribution >= 4 is 23.6 Å². The highest BCUT2D eigenvalue weighted by atomic mass is 16.5. The van der Waals surface area contributed by atoms with Crippen molar-refractivity contribution in [2.45, 2.75) is 40.0 Å². The molecule has 0 atom stereocenters. The molecule has 0 radical (unpaired) electrons. The molecule has 0 fully saturated rings. The third-order valence-electron chi connectivity index (χ3n) is 3.73. The Kier molecular flexibility index (Phi) is 8.25. The summed E-state index contributed by atoms with van der Waals surface area (Å²) in [6, 6.07) is 7.70. The SMILES string of the molecule is CCOC(=O)NC(=O)CN(CC)CC(=O)Nc1ccc(C(C)(C)C)cc1. The summed E-state index contributed by atoms with van der Waals surface area (Å²) in [7, 11) is 0. The summed E-state index contributed by atoms with van der Waals surface area (Å²) in [5.74, 6) is -0.730. The maximum Gasteiger partial charge on any atom is 0.413 e. The first-order chi connectivity index (χ1) is 12.2. The summed E-state index contributed by atoms with van der Waals surface area (Å²) in [6.07, 6.45) is -0.781. The van der Waals surface area contributed by atoms with Crippen LogP contribution in [0, 0.1) is 0 Å². The second-order valence-electron chi connectivity index (χ2n) is 6.95. The van der Waals surface area contributed by atoms with E-state index in [-0.39, 0.29) is 31.0 Å². The van der Waals surface area contributed by atoms with Crippen molar-refractivity contribution < 1.29 is 19.1 Å². The Morgan fingerprint density at radius 2 is 1.58 bits per heavy atom. The van der Waals surface area contributed by atoms with Crippen LogP contribution >= 0.6 is 0 Å². The van der Waals surface area contributed by atoms with Crippen molar-refractivity contribution in [1.82, 2.24) is 10.2 Å². The zero-order chi connectivity index (χ0) is 19.7. The van der Waals surface area contributed by atoms with Gasteiger partial charge in [-0.15, -0.1) is 0 Å². The van der Waals surface area contributed by atoms with Crippen LogP contribution in [0.2, 0.25) is 0 Å². The van der Waals surface area contributed by atoms with Crippen LogP contribution in [-0.4, -0.2) is 49.0 Å². The number of hydrogen-bond donors (Lipinski definition) is 2. The number of nitrogens with zero attached hydrogens (tertiary/aromatic N) is 1. The number of imide groups is 1. The molecule has 0 spiro atoms. The average molecular weight is 363 g/mol. The molecule has 0 unspecified atom stereocenters. The zero-order valence-electron chi connectivity index (χ0n) is 16.2. The van der Waals surface area contributed by atoms with Gasteiger partial charge in [0.25, 0.3) is 0 Å². The molecule has 144 valence electrons. The summed E-state index contributed by atoms with van der Waals surface area (Å²) in [6.45, 7) is 10.5. The van der Waals surface area contributed by atoms with E-state index in [4.69, 9.17) is 0 Å². The number of carbonyl (C=O) groups is 3. The molecule has 1 aromatic carbocycles. The van der Waals surface area contributed by atoms with Crippen LogP contribution in [0.5, 0.6) is 0 Å². The van der Waals surface area contributed by atoms with Crippen LogP contribution < -0.4 is 10.6 Å². The molecule has 1 rings (SSSR count). The number of ether oxygens (including phenoxy) is 1. The lowest BCUT2D eigenvalue weighted by Gasteiger charge is -2.20. The Morgan fingerprint density at radius 3 is 2.08 bits per heavy atom. The maximum absolute atomic E-state index is 12.2. The van der Waals surface area contributed by atoms with E-state index >= 15 is 0 Å². The second-order valence-corrected chi connectivity index (χ2v) is 6.95. The highest BCUT2D eigenvalue weighted by molar-refractivity contribution is 5.94. The van der Waals surface area contributed by atoms with E-state index in [1.807, 2.05) is 31.2 Å². The fourth-order valence-electron chi connectivity index (χ4n) is 2.26. The van der Waals surface area contributed by atoms with Gasteiger partial charge in [0.1, 0.15) is 0 Å². The first-order valence-corrected chi connectivity index (χ1v) is 8.75. The van der Waals surface area contributed by atoms with E-state index in [0.29, 0.717) is 12.2 Å². The highest BCUT2D eigenvalue weighted by Gasteiger charge is 2.16. The van der Waals surface area contributed by atoms with Gasteiger partial charge < -0.3 is 10.1 Å². The number of nitrogens with one attached hydrogen (secondary N) is 2. The summed E-state index contributed by atoms with van der Waals surface area (Å²) >= 11 is 0. The molecule has 2 N–H and O–H groups in total. The zero-order valence-corrected chi connectivity index (χ0v) is 16.2. The molecule has 26 heavy (non-hydrogen) atoms. The molecule has 7 heteroatoms. The van der Waals surface area contributed by atoms with Crippen molar-refractivity contribution in [2.75, 3.05) is 31.6 Å². The fourth-order valence-corrected chi connectivity index (χ4v) is 2.26. The quantitative estimate of drug-likeness (QED) is 0.777. The Balaban J connectivity index is 2.53. The van der Waals surface area contributed by atoms with Crippen LogP contribution in [0.1, 0.15) is 40.2 Å². The van der Waals surface area contributed by atoms with Crippen LogP contribution in [0.3, 0.4) is 0 Å². The Labute approximate surface area is 155 Å². The minimum atomic E-state index is -0.781. The maximum atomic E-state index is 12.2. The van der Waals surface area contributed by atoms with Gasteiger partial charge in [-0.3, -0.25) is 19.8 Å². The first kappa shape index (κ1) is 21.6. The van der Waals surface area contributed by atoms with Crippen molar-refractivity contribution in [3.05, 3.63) is 29.8 Å². The predicted octanol–water partition coefficient (Wildman–Crippen LogP) is 2.52. The van der Waals surface area contributed by atoms with Gasteiger partial charge in [0, 0.05) is 5.69 Å². The third-order valence-corrected chi connectivity index (χ3v) is 3.73. The molecule has 0 bridgehead atoms. The van der Waals surface area contributed by atoms with E-state index in [9.17, 15) is 14.4 Å². The smallest absolute Gasteiger partial charge is 0.413 e. The normalized spacial score (nSPS) is 11.2. The van der Waals surface area contributed by atoms with Gasteiger partial charge in [-0.2, -0.15) is 0 Å². The molecule has 3 amide bonds. The second kappa shape index (κ2) is 9.91. The molecule has 0 saturated carbocycles. The lowest BCUT2D eigenvalue weighted by atomic mass is 9.87. The van der Waals surface area contributed by atoms with Crippen LogP contribution in [0.15, 0.2) is 24.3 Å². The van der Waals surface area contributed by atoms with E-state index in [2.05, 4.69) is 36.1 Å². The largest absolute Gasteiger partial charge is 0.450 e. The Bertz CT molecular complexity index is 621. The van der Waals surface area contributed by atoms with E-state index in [1.54, 1.807) is 11.8 Å². The van der Waals surface area contributed by atoms with E-state index < -0.39 is 12.0 Å². The average Bonchev–Trinajstić information content (AvgIpc) is 2.53. The van der Waals surface area contributed by atoms with Crippen molar-refractivity contribution in [1.29, 1.82) is 0 Å². The van der Waals surface area contributed by atoms with Crippen LogP contribution in [0.4, 0.5) is 10.5 Å². The Morgan fingerprint density at radius 1 is 1.00 bits per heavy atom. The molecule has 0 aliphatic rings. The van der Waals surface area contributed by atoms with Gasteiger partial charge in [-0.25, -0.2) is 4.79 Å². The van der Waals surface area contributed by atoms with Gasteiger partial charge in [-0.1, -0.05) is 39.8 Å². The van der Waals surface area contributed by atoms with Crippen molar-refractivity contribution in [3.8, 4) is 0 Å². The summed E-state index contributed by atoms with van der Waals surface area (Å²) in [4.78, 5) is 36.8. The van der Waals surface area contributed by atoms with Gasteiger partial charge in [0.05, 0.1) is 19.7 Å². The highest BCUT2D eigenvalue weighted by Crippen LogP contribution is 2.23. The molecule has 0 saturated heterocycles. The molecule has 7 nitrogen and oxygen atoms in total. The van der Waals surface area contributed by atoms with Gasteiger partial charge in [0.2, 0.25) is 11.8 Å². The Hall–Kier alpha value is -2.41. The number of alkyl carbamates (subject to hydrolysis) is 1. The molecule has 0 aromatic heterocycles. The van der Waals surface area contributed by atoms with Gasteiger partial charge in [0.15, 0.2) is 0 Å². The number of rotatable bonds is 7. The van der Waals surface area contributed by atoms with Crippen LogP contribution in [0.25, 0.3) is 0 Å². The fraction of sp³-hybridized carbons (Fsp3) is 0.526. The monoisotopic (exact) mass is 363 g/mol. The van der Waals surface area contributed by atoms with Crippen molar-refractivity contribution in [3.63, 3.8) is 0 Å².